The number of H-pyrrole nitrogens is 1. The minimum Gasteiger partial charge on any atom is -0.481 e. The molecule has 0 bridgehead atoms. The third-order valence-corrected chi connectivity index (χ3v) is 9.92. The van der Waals surface area contributed by atoms with Crippen molar-refractivity contribution in [1.82, 2.24) is 19.5 Å². The molecule has 56 heavy (non-hydrogen) atoms. The summed E-state index contributed by atoms with van der Waals surface area (Å²) in [5.74, 6) is -3.27. The van der Waals surface area contributed by atoms with E-state index >= 15 is 0 Å². The summed E-state index contributed by atoms with van der Waals surface area (Å²) in [4.78, 5) is 72.6. The molecule has 2 aromatic heterocycles. The second kappa shape index (κ2) is 17.4. The Hall–Kier alpha value is -6.37. The molecule has 0 aliphatic heterocycles. The maximum Gasteiger partial charge on any atom is 0.415 e. The molecule has 296 valence electrons. The van der Waals surface area contributed by atoms with Crippen molar-refractivity contribution in [1.29, 1.82) is 0 Å². The first kappa shape index (κ1) is 40.8. The standard InChI is InChI=1S/C40H46N6O10/c1-21-11-14-29(25(5)19-21)54-26(6)37(51)42-28-20-27(13-12-22(28)2)35-43-36-32(39(52)55-34-23(3)9-8-10-24(34)4)33(41-7)38(46(36)44-35)56-40(53)45(17-15-30(47)48)18-16-31(49)50/h11-14,19-20,23-24,26,34H,8-10,15-18H2,1-6H3,(H,42,51)(H,43,44)(H,47,48)(H,49,50). The Labute approximate surface area is 323 Å². The van der Waals surface area contributed by atoms with Crippen molar-refractivity contribution >= 4 is 46.9 Å². The summed E-state index contributed by atoms with van der Waals surface area (Å²) < 4.78 is 18.8. The van der Waals surface area contributed by atoms with E-state index in [1.807, 2.05) is 52.8 Å². The van der Waals surface area contributed by atoms with Gasteiger partial charge in [0, 0.05) is 24.3 Å². The number of carboxylic acid groups (broad SMARTS) is 2. The number of ether oxygens (including phenoxy) is 3. The van der Waals surface area contributed by atoms with Gasteiger partial charge in [0.25, 0.3) is 11.6 Å². The number of fused-ring (bicyclic) bond motifs is 1. The van der Waals surface area contributed by atoms with Gasteiger partial charge in [-0.05, 0) is 75.6 Å². The van der Waals surface area contributed by atoms with Gasteiger partial charge in [0.05, 0.1) is 19.4 Å². The number of carboxylic acids is 2. The number of anilines is 1. The van der Waals surface area contributed by atoms with Gasteiger partial charge in [-0.1, -0.05) is 50.1 Å². The van der Waals surface area contributed by atoms with E-state index < -0.39 is 60.8 Å². The van der Waals surface area contributed by atoms with Gasteiger partial charge in [-0.25, -0.2) is 23.9 Å². The molecule has 2 aromatic carbocycles. The SMILES string of the molecule is [C-]#[N+]c1c(C(=O)OC2C(C)CCCC2C)c2nc(-c3ccc(C)c(NC(=O)C(C)Oc4ccc(C)cc4C)c3)[nH]n2c1OC(=O)N(CCC(=O)O)CCC(=O)O. The number of aromatic amines is 1. The molecule has 2 amide bonds. The molecular formula is C40H46N6O10. The second-order valence-corrected chi connectivity index (χ2v) is 14.3. The highest BCUT2D eigenvalue weighted by Crippen LogP contribution is 2.40. The second-order valence-electron chi connectivity index (χ2n) is 14.3. The first-order chi connectivity index (χ1) is 26.6. The Balaban J connectivity index is 1.52. The van der Waals surface area contributed by atoms with Crippen LogP contribution in [0.4, 0.5) is 16.2 Å². The number of benzene rings is 2. The van der Waals surface area contributed by atoms with Gasteiger partial charge in [0.15, 0.2) is 17.6 Å². The van der Waals surface area contributed by atoms with E-state index in [2.05, 4.69) is 20.2 Å². The Morgan fingerprint density at radius 2 is 1.66 bits per heavy atom. The van der Waals surface area contributed by atoms with Crippen molar-refractivity contribution in [2.45, 2.75) is 85.9 Å². The van der Waals surface area contributed by atoms with Gasteiger partial charge in [0.1, 0.15) is 17.4 Å². The molecule has 1 aliphatic carbocycles. The van der Waals surface area contributed by atoms with Gasteiger partial charge >= 0.3 is 24.0 Å². The number of hydrogen-bond acceptors (Lipinski definition) is 9. The molecule has 16 heteroatoms. The fraction of sp³-hybridized carbons (Fsp3) is 0.425. The molecule has 1 fully saturated rings. The number of aryl methyl sites for hydroxylation is 3. The van der Waals surface area contributed by atoms with Crippen molar-refractivity contribution in [2.75, 3.05) is 18.4 Å². The lowest BCUT2D eigenvalue weighted by Gasteiger charge is -2.33. The zero-order valence-corrected chi connectivity index (χ0v) is 32.2. The van der Waals surface area contributed by atoms with Crippen LogP contribution in [0.2, 0.25) is 0 Å². The molecule has 0 spiro atoms. The summed E-state index contributed by atoms with van der Waals surface area (Å²) in [7, 11) is 0. The highest BCUT2D eigenvalue weighted by molar-refractivity contribution is 6.05. The van der Waals surface area contributed by atoms with Crippen LogP contribution in [0.3, 0.4) is 0 Å². The van der Waals surface area contributed by atoms with E-state index in [1.165, 1.54) is 0 Å². The van der Waals surface area contributed by atoms with Gasteiger partial charge in [-0.15, -0.1) is 0 Å². The van der Waals surface area contributed by atoms with Crippen LogP contribution in [-0.4, -0.2) is 84.9 Å². The maximum atomic E-state index is 14.0. The number of esters is 1. The van der Waals surface area contributed by atoms with Gasteiger partial charge in [-0.2, -0.15) is 0 Å². The van der Waals surface area contributed by atoms with Crippen LogP contribution in [0.1, 0.15) is 79.9 Å². The van der Waals surface area contributed by atoms with Crippen LogP contribution in [0.15, 0.2) is 36.4 Å². The summed E-state index contributed by atoms with van der Waals surface area (Å²) in [5, 5.41) is 24.4. The lowest BCUT2D eigenvalue weighted by Crippen LogP contribution is -2.37. The van der Waals surface area contributed by atoms with Crippen molar-refractivity contribution in [3.05, 3.63) is 70.1 Å². The zero-order valence-electron chi connectivity index (χ0n) is 32.2. The third kappa shape index (κ3) is 9.28. The molecular weight excluding hydrogens is 724 g/mol. The highest BCUT2D eigenvalue weighted by Gasteiger charge is 2.36. The summed E-state index contributed by atoms with van der Waals surface area (Å²) in [6.45, 7) is 18.6. The molecule has 2 heterocycles. The number of nitrogens with one attached hydrogen (secondary N) is 2. The topological polar surface area (TPSA) is 206 Å². The number of aromatic nitrogens is 3. The predicted octanol–water partition coefficient (Wildman–Crippen LogP) is 6.94. The summed E-state index contributed by atoms with van der Waals surface area (Å²) in [6.07, 6.45) is -0.740. The minimum absolute atomic E-state index is 0.0523. The van der Waals surface area contributed by atoms with E-state index in [0.29, 0.717) is 17.0 Å². The maximum absolute atomic E-state index is 14.0. The predicted molar refractivity (Wildman–Crippen MR) is 204 cm³/mol. The zero-order chi connectivity index (χ0) is 40.8. The Kier molecular flexibility index (Phi) is 12.7. The van der Waals surface area contributed by atoms with Gasteiger partial charge < -0.3 is 34.6 Å². The Bertz CT molecular complexity index is 2170. The fourth-order valence-corrected chi connectivity index (χ4v) is 6.77. The fourth-order valence-electron chi connectivity index (χ4n) is 6.77. The van der Waals surface area contributed by atoms with E-state index in [1.54, 1.807) is 25.1 Å². The third-order valence-electron chi connectivity index (χ3n) is 9.92. The molecule has 0 radical (unpaired) electrons. The number of carbonyl (C=O) groups excluding carboxylic acids is 3. The summed E-state index contributed by atoms with van der Waals surface area (Å²) in [5.41, 5.74) is 2.87. The first-order valence-electron chi connectivity index (χ1n) is 18.4. The minimum atomic E-state index is -1.23. The van der Waals surface area contributed by atoms with Crippen LogP contribution >= 0.6 is 0 Å². The highest BCUT2D eigenvalue weighted by atomic mass is 16.6. The molecule has 3 unspecified atom stereocenters. The van der Waals surface area contributed by atoms with E-state index in [4.69, 9.17) is 20.8 Å². The number of aliphatic carboxylic acids is 2. The van der Waals surface area contributed by atoms with Crippen molar-refractivity contribution < 1.29 is 48.4 Å². The van der Waals surface area contributed by atoms with E-state index in [0.717, 1.165) is 45.4 Å². The van der Waals surface area contributed by atoms with Crippen LogP contribution in [0.25, 0.3) is 21.9 Å². The average molecular weight is 771 g/mol. The van der Waals surface area contributed by atoms with E-state index in [-0.39, 0.29) is 47.6 Å². The molecule has 4 aromatic rings. The number of carbonyl (C=O) groups is 5. The molecule has 4 N–H and O–H groups in total. The van der Waals surface area contributed by atoms with Crippen LogP contribution < -0.4 is 14.8 Å². The van der Waals surface area contributed by atoms with Crippen LogP contribution in [0, 0.1) is 39.2 Å². The van der Waals surface area contributed by atoms with Crippen molar-refractivity contribution in [2.24, 2.45) is 11.8 Å². The van der Waals surface area contributed by atoms with Crippen molar-refractivity contribution in [3.63, 3.8) is 0 Å². The smallest absolute Gasteiger partial charge is 0.415 e. The summed E-state index contributed by atoms with van der Waals surface area (Å²) >= 11 is 0. The monoisotopic (exact) mass is 770 g/mol. The number of nitrogens with zero attached hydrogens (tertiary/aromatic N) is 4. The molecule has 1 aliphatic rings. The number of rotatable bonds is 14. The van der Waals surface area contributed by atoms with Crippen molar-refractivity contribution in [3.8, 4) is 23.0 Å². The van der Waals surface area contributed by atoms with Crippen LogP contribution in [0.5, 0.6) is 11.6 Å². The first-order valence-corrected chi connectivity index (χ1v) is 18.4. The Morgan fingerprint density at radius 3 is 2.27 bits per heavy atom. The Morgan fingerprint density at radius 1 is 1.00 bits per heavy atom. The van der Waals surface area contributed by atoms with E-state index in [9.17, 15) is 34.2 Å². The number of amides is 2. The molecule has 1 saturated carbocycles. The molecule has 0 saturated heterocycles. The normalized spacial score (nSPS) is 17.1. The molecule has 16 nitrogen and oxygen atoms in total. The van der Waals surface area contributed by atoms with Gasteiger partial charge in [-0.3, -0.25) is 19.5 Å². The van der Waals surface area contributed by atoms with Crippen LogP contribution in [-0.2, 0) is 19.1 Å². The molecule has 3 atom stereocenters. The van der Waals surface area contributed by atoms with Gasteiger partial charge in [0.2, 0.25) is 5.88 Å². The molecule has 5 rings (SSSR count). The summed E-state index contributed by atoms with van der Waals surface area (Å²) in [6, 6.07) is 10.8. The largest absolute Gasteiger partial charge is 0.481 e. The lowest BCUT2D eigenvalue weighted by molar-refractivity contribution is -0.137. The quantitative estimate of drug-likeness (QED) is 0.0763. The lowest BCUT2D eigenvalue weighted by atomic mass is 9.80. The average Bonchev–Trinajstić information content (AvgIpc) is 3.69. The number of hydrogen-bond donors (Lipinski definition) is 4.